The highest BCUT2D eigenvalue weighted by molar-refractivity contribution is 5.93. The van der Waals surface area contributed by atoms with Gasteiger partial charge < -0.3 is 30.1 Å². The SMILES string of the molecule is Cc1ccc(CN2CCC(Nc3cccc4cnccc34)C2)cc1OCCC(CCC=CC[C@@H]1[C@@H](C=CC(F)(F)COc2ccccc2)[C@H](O)C[C@@H]1O)C(=O)O. The highest BCUT2D eigenvalue weighted by atomic mass is 19.3. The Kier molecular flexibility index (Phi) is 14.1. The normalized spacial score (nSPS) is 22.3. The van der Waals surface area contributed by atoms with Crippen LogP contribution in [0.3, 0.4) is 0 Å². The first-order chi connectivity index (χ1) is 27.0. The summed E-state index contributed by atoms with van der Waals surface area (Å²) in [6, 6.07) is 23.2. The highest BCUT2D eigenvalue weighted by Crippen LogP contribution is 2.37. The molecule has 0 spiro atoms. The van der Waals surface area contributed by atoms with E-state index < -0.39 is 48.5 Å². The first kappa shape index (κ1) is 40.8. The van der Waals surface area contributed by atoms with E-state index >= 15 is 0 Å². The number of likely N-dealkylation sites (tertiary alicyclic amines) is 1. The molecule has 9 nitrogen and oxygen atoms in total. The van der Waals surface area contributed by atoms with E-state index in [9.17, 15) is 28.9 Å². The minimum Gasteiger partial charge on any atom is -0.493 e. The summed E-state index contributed by atoms with van der Waals surface area (Å²) in [5, 5.41) is 37.0. The van der Waals surface area contributed by atoms with Gasteiger partial charge in [0.1, 0.15) is 11.5 Å². The predicted octanol–water partition coefficient (Wildman–Crippen LogP) is 8.05. The molecule has 0 bridgehead atoms. The number of para-hydroxylation sites is 1. The van der Waals surface area contributed by atoms with Gasteiger partial charge in [-0.2, -0.15) is 8.78 Å². The molecule has 298 valence electrons. The number of benzene rings is 3. The molecule has 2 aliphatic rings. The fraction of sp³-hybridized carbons (Fsp3) is 0.422. The molecule has 56 heavy (non-hydrogen) atoms. The lowest BCUT2D eigenvalue weighted by molar-refractivity contribution is -0.142. The smallest absolute Gasteiger partial charge is 0.306 e. The fourth-order valence-corrected chi connectivity index (χ4v) is 7.79. The van der Waals surface area contributed by atoms with Gasteiger partial charge in [-0.05, 0) is 92.5 Å². The van der Waals surface area contributed by atoms with Gasteiger partial charge in [0, 0.05) is 66.9 Å². The van der Waals surface area contributed by atoms with Gasteiger partial charge in [0.05, 0.1) is 24.7 Å². The number of nitrogens with zero attached hydrogens (tertiary/aromatic N) is 2. The molecule has 2 fully saturated rings. The largest absolute Gasteiger partial charge is 0.493 e. The average molecular weight is 770 g/mol. The second-order valence-corrected chi connectivity index (χ2v) is 15.2. The number of pyridine rings is 1. The summed E-state index contributed by atoms with van der Waals surface area (Å²) in [6.45, 7) is 4.11. The third kappa shape index (κ3) is 11.4. The molecule has 6 atom stereocenters. The molecule has 4 N–H and O–H groups in total. The number of aryl methyl sites for hydroxylation is 1. The maximum absolute atomic E-state index is 14.6. The van der Waals surface area contributed by atoms with E-state index in [1.165, 1.54) is 11.5 Å². The van der Waals surface area contributed by atoms with Crippen molar-refractivity contribution in [2.75, 3.05) is 31.6 Å². The number of aromatic nitrogens is 1. The van der Waals surface area contributed by atoms with E-state index in [4.69, 9.17) is 9.47 Å². The summed E-state index contributed by atoms with van der Waals surface area (Å²) >= 11 is 0. The van der Waals surface area contributed by atoms with E-state index in [0.29, 0.717) is 37.5 Å². The lowest BCUT2D eigenvalue weighted by Gasteiger charge is -2.20. The number of alkyl halides is 2. The number of carboxylic acid groups (broad SMARTS) is 1. The molecule has 2 heterocycles. The van der Waals surface area contributed by atoms with Crippen LogP contribution in [-0.2, 0) is 11.3 Å². The van der Waals surface area contributed by atoms with Crippen LogP contribution in [0.15, 0.2) is 109 Å². The van der Waals surface area contributed by atoms with Crippen LogP contribution in [0.1, 0.15) is 49.7 Å². The Hall–Kier alpha value is -4.84. The third-order valence-electron chi connectivity index (χ3n) is 11.0. The summed E-state index contributed by atoms with van der Waals surface area (Å²) in [5.41, 5.74) is 3.26. The summed E-state index contributed by atoms with van der Waals surface area (Å²) in [5.74, 6) is -4.74. The number of hydrogen-bond donors (Lipinski definition) is 4. The third-order valence-corrected chi connectivity index (χ3v) is 11.0. The zero-order chi connectivity index (χ0) is 39.5. The lowest BCUT2D eigenvalue weighted by atomic mass is 9.89. The Balaban J connectivity index is 0.933. The van der Waals surface area contributed by atoms with Gasteiger partial charge in [0.25, 0.3) is 5.92 Å². The number of hydrogen-bond acceptors (Lipinski definition) is 8. The van der Waals surface area contributed by atoms with Crippen LogP contribution in [-0.4, -0.2) is 81.6 Å². The van der Waals surface area contributed by atoms with Crippen LogP contribution >= 0.6 is 0 Å². The van der Waals surface area contributed by atoms with Crippen LogP contribution < -0.4 is 14.8 Å². The van der Waals surface area contributed by atoms with Crippen LogP contribution in [0.5, 0.6) is 11.5 Å². The minimum absolute atomic E-state index is 0.101. The Morgan fingerprint density at radius 2 is 1.88 bits per heavy atom. The maximum atomic E-state index is 14.6. The van der Waals surface area contributed by atoms with Gasteiger partial charge in [-0.1, -0.05) is 60.7 Å². The first-order valence-electron chi connectivity index (χ1n) is 19.6. The molecule has 11 heteroatoms. The number of allylic oxidation sites excluding steroid dienone is 2. The minimum atomic E-state index is -3.26. The van der Waals surface area contributed by atoms with Gasteiger partial charge in [-0.15, -0.1) is 0 Å². The number of carbonyl (C=O) groups is 1. The highest BCUT2D eigenvalue weighted by Gasteiger charge is 2.40. The molecule has 0 amide bonds. The summed E-state index contributed by atoms with van der Waals surface area (Å²) in [6.07, 6.45) is 10.4. The van der Waals surface area contributed by atoms with Crippen molar-refractivity contribution >= 4 is 22.4 Å². The number of carboxylic acids is 1. The molecular weight excluding hydrogens is 717 g/mol. The fourth-order valence-electron chi connectivity index (χ4n) is 7.79. The van der Waals surface area contributed by atoms with Gasteiger partial charge in [0.15, 0.2) is 6.61 Å². The number of aliphatic carboxylic acids is 1. The van der Waals surface area contributed by atoms with E-state index in [1.54, 1.807) is 30.3 Å². The molecule has 6 rings (SSSR count). The Labute approximate surface area is 327 Å². The van der Waals surface area contributed by atoms with Crippen molar-refractivity contribution in [3.63, 3.8) is 0 Å². The summed E-state index contributed by atoms with van der Waals surface area (Å²) < 4.78 is 40.5. The zero-order valence-corrected chi connectivity index (χ0v) is 31.9. The van der Waals surface area contributed by atoms with E-state index in [2.05, 4.69) is 45.5 Å². The van der Waals surface area contributed by atoms with E-state index in [-0.39, 0.29) is 13.0 Å². The predicted molar refractivity (Wildman–Crippen MR) is 214 cm³/mol. The molecule has 1 aromatic heterocycles. The monoisotopic (exact) mass is 769 g/mol. The van der Waals surface area contributed by atoms with Gasteiger partial charge in [0.2, 0.25) is 0 Å². The average Bonchev–Trinajstić information content (AvgIpc) is 3.74. The number of nitrogens with one attached hydrogen (secondary N) is 1. The summed E-state index contributed by atoms with van der Waals surface area (Å²) in [4.78, 5) is 18.8. The first-order valence-corrected chi connectivity index (χ1v) is 19.6. The number of rotatable bonds is 19. The number of ether oxygens (including phenoxy) is 2. The molecule has 0 radical (unpaired) electrons. The molecule has 4 aromatic rings. The number of fused-ring (bicyclic) bond motifs is 1. The second kappa shape index (κ2) is 19.3. The van der Waals surface area contributed by atoms with Crippen LogP contribution in [0.25, 0.3) is 10.8 Å². The Bertz CT molecular complexity index is 1940. The van der Waals surface area contributed by atoms with Crippen molar-refractivity contribution in [2.45, 2.75) is 76.2 Å². The van der Waals surface area contributed by atoms with Gasteiger partial charge in [-0.3, -0.25) is 14.7 Å². The number of halogens is 2. The van der Waals surface area contributed by atoms with Crippen molar-refractivity contribution < 1.29 is 38.4 Å². The molecule has 1 aliphatic heterocycles. The molecule has 1 saturated heterocycles. The topological polar surface area (TPSA) is 124 Å². The number of anilines is 1. The Morgan fingerprint density at radius 3 is 2.70 bits per heavy atom. The standard InChI is InChI=1S/C45H53F2N3O6/c1-31-15-16-32(28-50-23-19-35(29-50)49-40-14-8-10-34-27-48-22-18-37(34)40)25-43(31)55-24-20-33(44(53)54)9-4-2-7-13-38-39(42(52)26-41(38)51)17-21-45(46,47)30-56-36-11-5-3-6-12-36/h2-3,5-8,10-12,14-18,21-22,25,27,33,35,38-39,41-42,49,51-52H,4,9,13,19-20,23-24,26,28-30H2,1H3,(H,53,54)/t33?,35?,38-,39-,41+,42-/m1/s1. The Morgan fingerprint density at radius 1 is 1.04 bits per heavy atom. The zero-order valence-electron chi connectivity index (χ0n) is 31.9. The summed E-state index contributed by atoms with van der Waals surface area (Å²) in [7, 11) is 0. The van der Waals surface area contributed by atoms with Crippen LogP contribution in [0, 0.1) is 24.7 Å². The van der Waals surface area contributed by atoms with Gasteiger partial charge >= 0.3 is 5.97 Å². The molecule has 3 aromatic carbocycles. The van der Waals surface area contributed by atoms with Crippen molar-refractivity contribution in [1.82, 2.24) is 9.88 Å². The van der Waals surface area contributed by atoms with Crippen LogP contribution in [0.2, 0.25) is 0 Å². The van der Waals surface area contributed by atoms with Gasteiger partial charge in [-0.25, -0.2) is 0 Å². The molecule has 2 unspecified atom stereocenters. The quantitative estimate of drug-likeness (QED) is 0.0702. The van der Waals surface area contributed by atoms with E-state index in [1.807, 2.05) is 43.6 Å². The number of aliphatic hydroxyl groups excluding tert-OH is 2. The second-order valence-electron chi connectivity index (χ2n) is 15.2. The van der Waals surface area contributed by atoms with Crippen molar-refractivity contribution in [3.8, 4) is 11.5 Å². The maximum Gasteiger partial charge on any atom is 0.306 e. The number of aliphatic hydroxyl groups is 2. The van der Waals surface area contributed by atoms with Crippen molar-refractivity contribution in [3.05, 3.63) is 121 Å². The molecular formula is C45H53F2N3O6. The van der Waals surface area contributed by atoms with Crippen LogP contribution in [0.4, 0.5) is 14.5 Å². The van der Waals surface area contributed by atoms with E-state index in [0.717, 1.165) is 60.1 Å². The van der Waals surface area contributed by atoms with Crippen molar-refractivity contribution in [1.29, 1.82) is 0 Å². The molecule has 1 saturated carbocycles. The molecule has 1 aliphatic carbocycles. The lowest BCUT2D eigenvalue weighted by Crippen LogP contribution is -2.26. The van der Waals surface area contributed by atoms with Crippen molar-refractivity contribution in [2.24, 2.45) is 17.8 Å².